The molecule has 16 heteroatoms. The van der Waals surface area contributed by atoms with Gasteiger partial charge in [0.25, 0.3) is 21.0 Å². The number of nitrogens with one attached hydrogen (secondary N) is 1. The van der Waals surface area contributed by atoms with Gasteiger partial charge in [0.05, 0.1) is 0 Å². The molecule has 0 aromatic carbocycles. The van der Waals surface area contributed by atoms with Gasteiger partial charge in [0.2, 0.25) is 5.60 Å². The van der Waals surface area contributed by atoms with Gasteiger partial charge in [-0.05, 0) is 81.6 Å². The zero-order chi connectivity index (χ0) is 30.2. The number of carbonyl (C=O) groups is 1. The Labute approximate surface area is 235 Å². The predicted octanol–water partition coefficient (Wildman–Crippen LogP) is 1.75. The molecule has 5 unspecified atom stereocenters. The van der Waals surface area contributed by atoms with Crippen LogP contribution in [0, 0.1) is 64.1 Å². The lowest BCUT2D eigenvalue weighted by atomic mass is 9.45. The minimum Gasteiger partial charge on any atom is -0.632 e. The van der Waals surface area contributed by atoms with E-state index in [2.05, 4.69) is 0 Å². The van der Waals surface area contributed by atoms with Crippen molar-refractivity contribution in [1.82, 2.24) is 0 Å². The molecule has 0 aromatic rings. The normalized spacial score (nSPS) is 44.6. The van der Waals surface area contributed by atoms with Gasteiger partial charge in [0.1, 0.15) is 18.2 Å². The van der Waals surface area contributed by atoms with E-state index in [1.165, 1.54) is 0 Å². The Morgan fingerprint density at radius 2 is 1.73 bits per heavy atom. The topological polar surface area (TPSA) is 211 Å². The van der Waals surface area contributed by atoms with E-state index in [4.69, 9.17) is 19.2 Å². The molecule has 1 saturated heterocycles. The number of carbonyl (C=O) groups excluding carboxylic acids is 1. The van der Waals surface area contributed by atoms with Crippen LogP contribution in [0.5, 0.6) is 0 Å². The molecular formula is C25H36N4O12. The number of hydrogen-bond acceptors (Lipinski definition) is 12. The lowest BCUT2D eigenvalue weighted by Crippen LogP contribution is -3.24. The van der Waals surface area contributed by atoms with Gasteiger partial charge in [-0.3, -0.25) is 9.63 Å². The summed E-state index contributed by atoms with van der Waals surface area (Å²) in [5.74, 6) is -0.935. The molecule has 4 aliphatic carbocycles. The molecule has 16 nitrogen and oxygen atoms in total. The first-order chi connectivity index (χ1) is 19.0. The number of rotatable bonds is 8. The Hall–Kier alpha value is -3.11. The molecule has 3 saturated carbocycles. The van der Waals surface area contributed by atoms with Crippen LogP contribution in [-0.2, 0) is 24.0 Å². The van der Waals surface area contributed by atoms with Crippen molar-refractivity contribution in [2.24, 2.45) is 28.6 Å². The number of quaternary nitrogens is 1. The first-order valence-corrected chi connectivity index (χ1v) is 13.9. The molecule has 0 amide bonds. The maximum Gasteiger partial charge on any atom is 0.295 e. The average molecular weight is 585 g/mol. The van der Waals surface area contributed by atoms with E-state index >= 15 is 0 Å². The fraction of sp³-hybridized carbons (Fsp3) is 0.880. The van der Waals surface area contributed by atoms with E-state index in [9.17, 15) is 40.3 Å². The van der Waals surface area contributed by atoms with Gasteiger partial charge in [-0.2, -0.15) is 0 Å². The highest BCUT2D eigenvalue weighted by Crippen LogP contribution is 2.70. The van der Waals surface area contributed by atoms with E-state index < -0.39 is 60.7 Å². The van der Waals surface area contributed by atoms with Gasteiger partial charge in [0, 0.05) is 11.8 Å². The molecule has 5 rings (SSSR count). The first-order valence-electron chi connectivity index (χ1n) is 13.9. The SMILES string of the molecule is CC1(C)COC(CO[N+](=O)[O-])([C@@]2(O[N+](=O)[O-])CCC3C4CCC5=CC(=O)CC[C@]5(C)C4[C@@H](O[N+](=O)[O-])C[C@@]32C)[NH+]1[O-]. The van der Waals surface area contributed by atoms with Crippen LogP contribution in [-0.4, -0.2) is 57.2 Å². The first kappa shape index (κ1) is 29.4. The van der Waals surface area contributed by atoms with Crippen LogP contribution >= 0.6 is 0 Å². The lowest BCUT2D eigenvalue weighted by molar-refractivity contribution is -0.979. The predicted molar refractivity (Wildman–Crippen MR) is 135 cm³/mol. The molecule has 0 radical (unpaired) electrons. The zero-order valence-corrected chi connectivity index (χ0v) is 23.5. The Balaban J connectivity index is 1.68. The van der Waals surface area contributed by atoms with Crippen LogP contribution in [0.1, 0.15) is 72.6 Å². The van der Waals surface area contributed by atoms with Crippen molar-refractivity contribution in [2.75, 3.05) is 13.2 Å². The van der Waals surface area contributed by atoms with Crippen LogP contribution < -0.4 is 5.06 Å². The zero-order valence-electron chi connectivity index (χ0n) is 23.5. The highest BCUT2D eigenvalue weighted by atomic mass is 17.0. The molecule has 1 aliphatic heterocycles. The molecule has 1 N–H and O–H groups in total. The van der Waals surface area contributed by atoms with Crippen molar-refractivity contribution in [2.45, 2.75) is 95.6 Å². The number of ketones is 1. The smallest absolute Gasteiger partial charge is 0.295 e. The Morgan fingerprint density at radius 1 is 1.02 bits per heavy atom. The van der Waals surface area contributed by atoms with Gasteiger partial charge in [-0.15, -0.1) is 30.3 Å². The third-order valence-electron chi connectivity index (χ3n) is 11.1. The molecule has 1 heterocycles. The quantitative estimate of drug-likeness (QED) is 0.246. The number of fused-ring (bicyclic) bond motifs is 5. The Bertz CT molecular complexity index is 1200. The van der Waals surface area contributed by atoms with Gasteiger partial charge in [0.15, 0.2) is 12.4 Å². The number of ether oxygens (including phenoxy) is 1. The van der Waals surface area contributed by atoms with E-state index in [1.54, 1.807) is 26.8 Å². The molecule has 228 valence electrons. The molecule has 9 atom stereocenters. The molecule has 4 fully saturated rings. The van der Waals surface area contributed by atoms with Gasteiger partial charge in [-0.1, -0.05) is 19.4 Å². The van der Waals surface area contributed by atoms with Crippen molar-refractivity contribution in [1.29, 1.82) is 0 Å². The van der Waals surface area contributed by atoms with Crippen molar-refractivity contribution < 1.29 is 44.4 Å². The summed E-state index contributed by atoms with van der Waals surface area (Å²) in [7, 11) is 0. The second-order valence-electron chi connectivity index (χ2n) is 13.4. The van der Waals surface area contributed by atoms with Gasteiger partial charge >= 0.3 is 0 Å². The van der Waals surface area contributed by atoms with E-state index in [1.807, 2.05) is 6.92 Å². The highest BCUT2D eigenvalue weighted by Gasteiger charge is 2.80. The maximum atomic E-state index is 14.1. The van der Waals surface area contributed by atoms with Gasteiger partial charge in [-0.25, -0.2) is 0 Å². The van der Waals surface area contributed by atoms with E-state index in [-0.39, 0.29) is 43.0 Å². The number of nitrogens with zero attached hydrogens (tertiary/aromatic N) is 3. The van der Waals surface area contributed by atoms with Gasteiger partial charge < -0.3 is 24.7 Å². The monoisotopic (exact) mass is 584 g/mol. The fourth-order valence-electron chi connectivity index (χ4n) is 9.51. The minimum atomic E-state index is -2.23. The third-order valence-corrected chi connectivity index (χ3v) is 11.1. The van der Waals surface area contributed by atoms with Crippen molar-refractivity contribution in [3.63, 3.8) is 0 Å². The molecule has 0 aromatic heterocycles. The summed E-state index contributed by atoms with van der Waals surface area (Å²) in [4.78, 5) is 63.2. The summed E-state index contributed by atoms with van der Waals surface area (Å²) in [5.41, 5.74) is -6.41. The summed E-state index contributed by atoms with van der Waals surface area (Å²) in [6.45, 7) is 5.73. The largest absolute Gasteiger partial charge is 0.632 e. The van der Waals surface area contributed by atoms with Crippen molar-refractivity contribution in [3.8, 4) is 0 Å². The maximum absolute atomic E-state index is 14.1. The molecule has 0 bridgehead atoms. The Morgan fingerprint density at radius 3 is 2.32 bits per heavy atom. The number of allylic oxidation sites excluding steroid dienone is 1. The molecule has 41 heavy (non-hydrogen) atoms. The van der Waals surface area contributed by atoms with Crippen LogP contribution in [0.2, 0.25) is 0 Å². The van der Waals surface area contributed by atoms with Crippen molar-refractivity contribution >= 4 is 5.78 Å². The van der Waals surface area contributed by atoms with Crippen molar-refractivity contribution in [3.05, 3.63) is 47.2 Å². The summed E-state index contributed by atoms with van der Waals surface area (Å²) in [6.07, 6.45) is 2.67. The third kappa shape index (κ3) is 4.08. The molecular weight excluding hydrogens is 548 g/mol. The second-order valence-corrected chi connectivity index (χ2v) is 13.4. The average Bonchev–Trinajstić information content (AvgIpc) is 3.28. The van der Waals surface area contributed by atoms with E-state index in [0.29, 0.717) is 32.1 Å². The summed E-state index contributed by atoms with van der Waals surface area (Å²) in [5, 5.41) is 45.8. The highest BCUT2D eigenvalue weighted by molar-refractivity contribution is 5.91. The van der Waals surface area contributed by atoms with Crippen LogP contribution in [0.15, 0.2) is 11.6 Å². The standard InChI is InChI=1S/C25H36N4O12/c1-21(2)13-38-25(26(21)31,14-39-27(32)33)24(41-29(36)37)10-8-18-17-6-5-15-11-16(30)7-9-22(15,3)20(17)19(40-28(34)35)12-23(18,24)4/h11,17-20,26H,5-10,12-14H2,1-4H3/t17?,18?,19-,20?,22-,23-,24+,25?/m0/s1. The summed E-state index contributed by atoms with van der Waals surface area (Å²) >= 11 is 0. The number of hydrogen-bond donors (Lipinski definition) is 1. The minimum absolute atomic E-state index is 0.00910. The summed E-state index contributed by atoms with van der Waals surface area (Å²) < 4.78 is 6.06. The fourth-order valence-corrected chi connectivity index (χ4v) is 9.51. The molecule has 5 aliphatic rings. The number of hydroxylamine groups is 2. The molecule has 0 spiro atoms. The summed E-state index contributed by atoms with van der Waals surface area (Å²) in [6, 6.07) is 0. The Kier molecular flexibility index (Phi) is 6.78. The van der Waals surface area contributed by atoms with E-state index in [0.717, 1.165) is 5.57 Å². The second kappa shape index (κ2) is 9.46. The van der Waals surface area contributed by atoms with Crippen LogP contribution in [0.4, 0.5) is 0 Å². The van der Waals surface area contributed by atoms with Crippen LogP contribution in [0.25, 0.3) is 0 Å². The van der Waals surface area contributed by atoms with Crippen LogP contribution in [0.3, 0.4) is 0 Å². The lowest BCUT2D eigenvalue weighted by Gasteiger charge is -2.63.